The molecule has 0 unspecified atom stereocenters. The predicted molar refractivity (Wildman–Crippen MR) is 54.6 cm³/mol. The van der Waals surface area contributed by atoms with Gasteiger partial charge in [0, 0.05) is 17.3 Å². The van der Waals surface area contributed by atoms with E-state index >= 15 is 0 Å². The van der Waals surface area contributed by atoms with E-state index in [1.54, 1.807) is 31.2 Å². The maximum atomic E-state index is 11.2. The van der Waals surface area contributed by atoms with Crippen molar-refractivity contribution in [2.75, 3.05) is 11.9 Å². The monoisotopic (exact) mass is 214 g/mol. The molecular weight excluding hydrogens is 204 g/mol. The topological polar surface area (TPSA) is 52.6 Å². The Bertz CT molecular complexity index is 330. The van der Waals surface area contributed by atoms with Crippen LogP contribution in [0.4, 0.5) is 10.5 Å². The van der Waals surface area contributed by atoms with Crippen LogP contribution in [-0.4, -0.2) is 22.8 Å². The molecule has 14 heavy (non-hydrogen) atoms. The number of nitrogens with zero attached hydrogens (tertiary/aromatic N) is 1. The third-order valence-corrected chi connectivity index (χ3v) is 1.84. The van der Waals surface area contributed by atoms with Gasteiger partial charge >= 0.3 is 6.03 Å². The Morgan fingerprint density at radius 3 is 2.93 bits per heavy atom. The molecule has 5 heteroatoms. The predicted octanol–water partition coefficient (Wildman–Crippen LogP) is 2.58. The Balaban J connectivity index is 2.65. The summed E-state index contributed by atoms with van der Waals surface area (Å²) >= 11 is 5.71. The molecule has 2 N–H and O–H groups in total. The van der Waals surface area contributed by atoms with Crippen LogP contribution < -0.4 is 5.32 Å². The van der Waals surface area contributed by atoms with Crippen molar-refractivity contribution in [3.05, 3.63) is 29.3 Å². The van der Waals surface area contributed by atoms with E-state index in [1.807, 2.05) is 0 Å². The molecule has 0 aliphatic heterocycles. The molecule has 0 heterocycles. The minimum Gasteiger partial charge on any atom is -0.306 e. The zero-order valence-corrected chi connectivity index (χ0v) is 8.45. The van der Waals surface area contributed by atoms with Crippen molar-refractivity contribution in [1.82, 2.24) is 5.06 Å². The van der Waals surface area contributed by atoms with Crippen molar-refractivity contribution in [2.45, 2.75) is 6.92 Å². The summed E-state index contributed by atoms with van der Waals surface area (Å²) in [6, 6.07) is 6.13. The minimum absolute atomic E-state index is 0.229. The van der Waals surface area contributed by atoms with E-state index in [0.29, 0.717) is 15.8 Å². The smallest absolute Gasteiger partial charge is 0.306 e. The van der Waals surface area contributed by atoms with Crippen LogP contribution in [0.15, 0.2) is 24.3 Å². The number of carbonyl (C=O) groups excluding carboxylic acids is 1. The molecule has 0 aliphatic rings. The SMILES string of the molecule is CCN(O)C(=O)Nc1cccc(Cl)c1. The van der Waals surface area contributed by atoms with E-state index in [4.69, 9.17) is 16.8 Å². The number of hydrogen-bond acceptors (Lipinski definition) is 2. The number of nitrogens with one attached hydrogen (secondary N) is 1. The van der Waals surface area contributed by atoms with Crippen LogP contribution in [0.25, 0.3) is 0 Å². The van der Waals surface area contributed by atoms with Crippen LogP contribution in [0.1, 0.15) is 6.92 Å². The summed E-state index contributed by atoms with van der Waals surface area (Å²) in [5.41, 5.74) is 0.551. The molecule has 0 fully saturated rings. The number of hydrogen-bond donors (Lipinski definition) is 2. The second kappa shape index (κ2) is 4.83. The first-order valence-corrected chi connectivity index (χ1v) is 4.54. The summed E-state index contributed by atoms with van der Waals surface area (Å²) in [6.45, 7) is 1.89. The highest BCUT2D eigenvalue weighted by molar-refractivity contribution is 6.30. The molecule has 1 rings (SSSR count). The summed E-state index contributed by atoms with van der Waals surface area (Å²) in [5.74, 6) is 0. The Hall–Kier alpha value is -1.26. The Morgan fingerprint density at radius 2 is 2.36 bits per heavy atom. The van der Waals surface area contributed by atoms with Gasteiger partial charge in [0.15, 0.2) is 0 Å². The summed E-state index contributed by atoms with van der Waals surface area (Å²) < 4.78 is 0. The van der Waals surface area contributed by atoms with E-state index in [0.717, 1.165) is 0 Å². The zero-order valence-electron chi connectivity index (χ0n) is 7.70. The standard InChI is InChI=1S/C9H11ClN2O2/c1-2-12(14)9(13)11-8-5-3-4-7(10)6-8/h3-6,14H,2H2,1H3,(H,11,13). The fourth-order valence-electron chi connectivity index (χ4n) is 0.898. The Kier molecular flexibility index (Phi) is 3.73. The molecule has 0 bridgehead atoms. The highest BCUT2D eigenvalue weighted by atomic mass is 35.5. The molecule has 4 nitrogen and oxygen atoms in total. The van der Waals surface area contributed by atoms with Crippen LogP contribution in [0.5, 0.6) is 0 Å². The first kappa shape index (κ1) is 10.8. The average Bonchev–Trinajstić information content (AvgIpc) is 2.16. The van der Waals surface area contributed by atoms with Gasteiger partial charge < -0.3 is 5.32 Å². The third-order valence-electron chi connectivity index (χ3n) is 1.61. The van der Waals surface area contributed by atoms with Crippen molar-refractivity contribution in [1.29, 1.82) is 0 Å². The maximum Gasteiger partial charge on any atom is 0.345 e. The lowest BCUT2D eigenvalue weighted by molar-refractivity contribution is -0.0324. The van der Waals surface area contributed by atoms with E-state index in [-0.39, 0.29) is 6.54 Å². The minimum atomic E-state index is -0.574. The lowest BCUT2D eigenvalue weighted by atomic mass is 10.3. The largest absolute Gasteiger partial charge is 0.345 e. The lowest BCUT2D eigenvalue weighted by Gasteiger charge is -2.13. The van der Waals surface area contributed by atoms with Gasteiger partial charge in [-0.05, 0) is 25.1 Å². The van der Waals surface area contributed by atoms with Gasteiger partial charge in [0.2, 0.25) is 0 Å². The highest BCUT2D eigenvalue weighted by Crippen LogP contribution is 2.14. The number of amides is 2. The second-order valence-electron chi connectivity index (χ2n) is 2.66. The van der Waals surface area contributed by atoms with Gasteiger partial charge in [-0.3, -0.25) is 5.21 Å². The molecule has 0 radical (unpaired) electrons. The number of carbonyl (C=O) groups is 1. The first-order valence-electron chi connectivity index (χ1n) is 4.16. The molecule has 2 amide bonds. The molecule has 1 aromatic carbocycles. The van der Waals surface area contributed by atoms with Gasteiger partial charge in [-0.2, -0.15) is 0 Å². The molecule has 76 valence electrons. The van der Waals surface area contributed by atoms with Crippen LogP contribution in [0, 0.1) is 0 Å². The number of urea groups is 1. The van der Waals surface area contributed by atoms with Crippen molar-refractivity contribution >= 4 is 23.3 Å². The second-order valence-corrected chi connectivity index (χ2v) is 3.09. The quantitative estimate of drug-likeness (QED) is 0.587. The Labute approximate surface area is 87.0 Å². The number of rotatable bonds is 2. The van der Waals surface area contributed by atoms with Gasteiger partial charge in [0.1, 0.15) is 0 Å². The summed E-state index contributed by atoms with van der Waals surface area (Å²) in [5, 5.41) is 12.6. The van der Waals surface area contributed by atoms with Crippen LogP contribution >= 0.6 is 11.6 Å². The molecule has 0 atom stereocenters. The lowest BCUT2D eigenvalue weighted by Crippen LogP contribution is -2.31. The fourth-order valence-corrected chi connectivity index (χ4v) is 1.09. The molecule has 0 saturated carbocycles. The fraction of sp³-hybridized carbons (Fsp3) is 0.222. The highest BCUT2D eigenvalue weighted by Gasteiger charge is 2.07. The molecule has 0 aliphatic carbocycles. The van der Waals surface area contributed by atoms with Crippen LogP contribution in [0.3, 0.4) is 0 Å². The zero-order chi connectivity index (χ0) is 10.6. The van der Waals surface area contributed by atoms with Crippen molar-refractivity contribution < 1.29 is 10.0 Å². The number of anilines is 1. The molecule has 0 spiro atoms. The maximum absolute atomic E-state index is 11.2. The van der Waals surface area contributed by atoms with Gasteiger partial charge in [-0.25, -0.2) is 9.86 Å². The normalized spacial score (nSPS) is 9.64. The first-order chi connectivity index (χ1) is 6.63. The Morgan fingerprint density at radius 1 is 1.64 bits per heavy atom. The van der Waals surface area contributed by atoms with Gasteiger partial charge in [-0.15, -0.1) is 0 Å². The van der Waals surface area contributed by atoms with Crippen molar-refractivity contribution in [3.8, 4) is 0 Å². The van der Waals surface area contributed by atoms with Gasteiger partial charge in [0.05, 0.1) is 0 Å². The summed E-state index contributed by atoms with van der Waals surface area (Å²) in [4.78, 5) is 11.2. The van der Waals surface area contributed by atoms with Crippen LogP contribution in [0.2, 0.25) is 5.02 Å². The average molecular weight is 215 g/mol. The third kappa shape index (κ3) is 2.90. The number of benzene rings is 1. The summed E-state index contributed by atoms with van der Waals surface area (Å²) in [6.07, 6.45) is 0. The van der Waals surface area contributed by atoms with Gasteiger partial charge in [-0.1, -0.05) is 17.7 Å². The van der Waals surface area contributed by atoms with E-state index in [1.165, 1.54) is 0 Å². The molecule has 1 aromatic rings. The van der Waals surface area contributed by atoms with E-state index in [2.05, 4.69) is 5.32 Å². The number of halogens is 1. The summed E-state index contributed by atoms with van der Waals surface area (Å²) in [7, 11) is 0. The van der Waals surface area contributed by atoms with Crippen LogP contribution in [-0.2, 0) is 0 Å². The molecular formula is C9H11ClN2O2. The molecule has 0 aromatic heterocycles. The van der Waals surface area contributed by atoms with Crippen molar-refractivity contribution in [2.24, 2.45) is 0 Å². The van der Waals surface area contributed by atoms with E-state index < -0.39 is 6.03 Å². The van der Waals surface area contributed by atoms with E-state index in [9.17, 15) is 4.79 Å². The number of hydroxylamine groups is 2. The molecule has 0 saturated heterocycles. The van der Waals surface area contributed by atoms with Crippen molar-refractivity contribution in [3.63, 3.8) is 0 Å². The van der Waals surface area contributed by atoms with Gasteiger partial charge in [0.25, 0.3) is 0 Å².